The fraction of sp³-hybridized carbons (Fsp3) is 1.00. The van der Waals surface area contributed by atoms with Crippen molar-refractivity contribution in [3.8, 4) is 0 Å². The smallest absolute Gasteiger partial charge is 0.157 e. The van der Waals surface area contributed by atoms with Gasteiger partial charge in [-0.05, 0) is 58.3 Å². The van der Waals surface area contributed by atoms with E-state index in [0.717, 1.165) is 25.9 Å². The molecule has 1 heterocycles. The van der Waals surface area contributed by atoms with E-state index >= 15 is 0 Å². The lowest BCUT2D eigenvalue weighted by molar-refractivity contribution is -0.204. The van der Waals surface area contributed by atoms with Crippen LogP contribution in [0.5, 0.6) is 0 Å². The molecular weight excluding hydrogens is 232 g/mol. The summed E-state index contributed by atoms with van der Waals surface area (Å²) in [6.45, 7) is 4.55. The molecule has 4 nitrogen and oxygen atoms in total. The molecule has 5 atom stereocenters. The summed E-state index contributed by atoms with van der Waals surface area (Å²) in [4.78, 5) is 0. The number of rotatable bonds is 3. The Bertz CT molecular complexity index is 261. The molecule has 2 rings (SSSR count). The minimum atomic E-state index is -0.933. The van der Waals surface area contributed by atoms with Crippen LogP contribution >= 0.6 is 0 Å². The van der Waals surface area contributed by atoms with Crippen molar-refractivity contribution in [1.82, 2.24) is 0 Å². The molecule has 2 fully saturated rings. The van der Waals surface area contributed by atoms with Crippen LogP contribution < -0.4 is 0 Å². The summed E-state index contributed by atoms with van der Waals surface area (Å²) in [5.41, 5.74) is -0.933. The van der Waals surface area contributed by atoms with Gasteiger partial charge in [-0.3, -0.25) is 0 Å². The van der Waals surface area contributed by atoms with Crippen molar-refractivity contribution in [3.05, 3.63) is 0 Å². The predicted octanol–water partition coefficient (Wildman–Crippen LogP) is 1.83. The molecule has 1 saturated heterocycles. The van der Waals surface area contributed by atoms with Gasteiger partial charge in [-0.2, -0.15) is 0 Å². The number of hydrogen-bond acceptors (Lipinski definition) is 4. The summed E-state index contributed by atoms with van der Waals surface area (Å²) < 4.78 is 11.5. The molecule has 106 valence electrons. The zero-order valence-electron chi connectivity index (χ0n) is 11.5. The molecule has 0 bridgehead atoms. The maximum Gasteiger partial charge on any atom is 0.157 e. The van der Waals surface area contributed by atoms with Gasteiger partial charge < -0.3 is 19.7 Å². The van der Waals surface area contributed by atoms with Crippen molar-refractivity contribution in [3.63, 3.8) is 0 Å². The Morgan fingerprint density at radius 2 is 2.11 bits per heavy atom. The summed E-state index contributed by atoms with van der Waals surface area (Å²) in [6, 6.07) is 0. The molecule has 0 spiro atoms. The van der Waals surface area contributed by atoms with Crippen LogP contribution in [0.1, 0.15) is 52.4 Å². The molecule has 0 aromatic heterocycles. The molecule has 5 unspecified atom stereocenters. The van der Waals surface area contributed by atoms with Crippen LogP contribution in [0.3, 0.4) is 0 Å². The third kappa shape index (κ3) is 3.44. The topological polar surface area (TPSA) is 58.9 Å². The molecule has 0 aromatic carbocycles. The van der Waals surface area contributed by atoms with Crippen molar-refractivity contribution in [1.29, 1.82) is 0 Å². The second-order valence-electron chi connectivity index (χ2n) is 6.04. The summed E-state index contributed by atoms with van der Waals surface area (Å²) in [5.74, 6) is 0.311. The molecule has 1 aliphatic carbocycles. The van der Waals surface area contributed by atoms with Crippen molar-refractivity contribution in [2.45, 2.75) is 76.5 Å². The van der Waals surface area contributed by atoms with Crippen LogP contribution in [0.25, 0.3) is 0 Å². The van der Waals surface area contributed by atoms with Gasteiger partial charge in [-0.15, -0.1) is 0 Å². The van der Waals surface area contributed by atoms with Crippen molar-refractivity contribution >= 4 is 0 Å². The van der Waals surface area contributed by atoms with E-state index in [1.165, 1.54) is 6.42 Å². The number of ether oxygens (including phenoxy) is 2. The molecule has 2 aliphatic rings. The van der Waals surface area contributed by atoms with Crippen LogP contribution in [0.15, 0.2) is 0 Å². The molecule has 18 heavy (non-hydrogen) atoms. The normalized spacial score (nSPS) is 43.7. The van der Waals surface area contributed by atoms with Gasteiger partial charge in [0.05, 0.1) is 17.8 Å². The highest BCUT2D eigenvalue weighted by Crippen LogP contribution is 2.35. The Hall–Kier alpha value is -0.160. The summed E-state index contributed by atoms with van der Waals surface area (Å²) >= 11 is 0. The second kappa shape index (κ2) is 5.87. The molecule has 0 amide bonds. The van der Waals surface area contributed by atoms with Crippen LogP contribution in [-0.4, -0.2) is 40.9 Å². The van der Waals surface area contributed by atoms with Gasteiger partial charge in [0, 0.05) is 6.61 Å². The lowest BCUT2D eigenvalue weighted by Gasteiger charge is -2.40. The number of aliphatic hydroxyl groups excluding tert-OH is 1. The Labute approximate surface area is 109 Å². The summed E-state index contributed by atoms with van der Waals surface area (Å²) in [6.07, 6.45) is 4.77. The standard InChI is InChI=1S/C14H26O4/c1-10(18-13-5-3-4-8-17-13)11-6-7-14(2,16)12(15)9-11/h10-13,15-16H,3-9H2,1-2H3. The first kappa shape index (κ1) is 14.3. The molecular formula is C14H26O4. The fourth-order valence-corrected chi connectivity index (χ4v) is 2.90. The molecule has 0 aromatic rings. The van der Waals surface area contributed by atoms with E-state index in [0.29, 0.717) is 18.8 Å². The minimum Gasteiger partial charge on any atom is -0.390 e. The zero-order valence-corrected chi connectivity index (χ0v) is 11.5. The molecule has 1 saturated carbocycles. The van der Waals surface area contributed by atoms with Gasteiger partial charge >= 0.3 is 0 Å². The second-order valence-corrected chi connectivity index (χ2v) is 6.04. The van der Waals surface area contributed by atoms with E-state index < -0.39 is 11.7 Å². The quantitative estimate of drug-likeness (QED) is 0.811. The van der Waals surface area contributed by atoms with Gasteiger partial charge in [0.25, 0.3) is 0 Å². The molecule has 1 aliphatic heterocycles. The van der Waals surface area contributed by atoms with Gasteiger partial charge in [-0.1, -0.05) is 0 Å². The van der Waals surface area contributed by atoms with Crippen LogP contribution in [0.2, 0.25) is 0 Å². The Kier molecular flexibility index (Phi) is 4.64. The lowest BCUT2D eigenvalue weighted by Crippen LogP contribution is -2.47. The number of aliphatic hydroxyl groups is 2. The Balaban J connectivity index is 1.80. The number of hydrogen-bond donors (Lipinski definition) is 2. The van der Waals surface area contributed by atoms with Gasteiger partial charge in [0.1, 0.15) is 0 Å². The highest BCUT2D eigenvalue weighted by molar-refractivity contribution is 4.90. The Morgan fingerprint density at radius 3 is 2.72 bits per heavy atom. The molecule has 0 radical (unpaired) electrons. The summed E-state index contributed by atoms with van der Waals surface area (Å²) in [7, 11) is 0. The first-order valence-electron chi connectivity index (χ1n) is 7.16. The lowest BCUT2D eigenvalue weighted by atomic mass is 9.76. The SMILES string of the molecule is CC(OC1CCCCO1)C1CCC(C)(O)C(O)C1. The fourth-order valence-electron chi connectivity index (χ4n) is 2.90. The van der Waals surface area contributed by atoms with Crippen molar-refractivity contribution < 1.29 is 19.7 Å². The monoisotopic (exact) mass is 258 g/mol. The minimum absolute atomic E-state index is 0.0756. The van der Waals surface area contributed by atoms with E-state index in [1.807, 2.05) is 0 Å². The van der Waals surface area contributed by atoms with E-state index in [-0.39, 0.29) is 12.4 Å². The summed E-state index contributed by atoms with van der Waals surface area (Å²) in [5, 5.41) is 19.9. The van der Waals surface area contributed by atoms with Crippen LogP contribution in [0.4, 0.5) is 0 Å². The van der Waals surface area contributed by atoms with Crippen LogP contribution in [0, 0.1) is 5.92 Å². The van der Waals surface area contributed by atoms with E-state index in [1.54, 1.807) is 6.92 Å². The maximum absolute atomic E-state index is 9.95. The largest absolute Gasteiger partial charge is 0.390 e. The van der Waals surface area contributed by atoms with E-state index in [4.69, 9.17) is 9.47 Å². The molecule has 2 N–H and O–H groups in total. The maximum atomic E-state index is 9.95. The molecule has 4 heteroatoms. The van der Waals surface area contributed by atoms with Crippen molar-refractivity contribution in [2.75, 3.05) is 6.61 Å². The van der Waals surface area contributed by atoms with Gasteiger partial charge in [0.15, 0.2) is 6.29 Å². The van der Waals surface area contributed by atoms with Crippen molar-refractivity contribution in [2.24, 2.45) is 5.92 Å². The predicted molar refractivity (Wildman–Crippen MR) is 68.1 cm³/mol. The highest BCUT2D eigenvalue weighted by atomic mass is 16.7. The third-order valence-corrected chi connectivity index (χ3v) is 4.43. The third-order valence-electron chi connectivity index (χ3n) is 4.43. The zero-order chi connectivity index (χ0) is 13.2. The average Bonchev–Trinajstić information content (AvgIpc) is 2.34. The first-order valence-corrected chi connectivity index (χ1v) is 7.16. The van der Waals surface area contributed by atoms with Gasteiger partial charge in [0.2, 0.25) is 0 Å². The van der Waals surface area contributed by atoms with Crippen LogP contribution in [-0.2, 0) is 9.47 Å². The van der Waals surface area contributed by atoms with E-state index in [9.17, 15) is 10.2 Å². The van der Waals surface area contributed by atoms with E-state index in [2.05, 4.69) is 6.92 Å². The highest BCUT2D eigenvalue weighted by Gasteiger charge is 2.39. The Morgan fingerprint density at radius 1 is 1.33 bits per heavy atom. The first-order chi connectivity index (χ1) is 8.49. The van der Waals surface area contributed by atoms with Gasteiger partial charge in [-0.25, -0.2) is 0 Å². The average molecular weight is 258 g/mol.